The van der Waals surface area contributed by atoms with E-state index in [0.717, 1.165) is 67.2 Å². The number of hydrogen-bond donors (Lipinski definition) is 0. The minimum atomic E-state index is 0. The van der Waals surface area contributed by atoms with Crippen molar-refractivity contribution in [3.05, 3.63) is 249 Å². The Balaban J connectivity index is 0.000000233. The molecule has 0 amide bonds. The normalized spacial score (nSPS) is 10.5. The van der Waals surface area contributed by atoms with Gasteiger partial charge in [-0.15, -0.1) is 108 Å². The summed E-state index contributed by atoms with van der Waals surface area (Å²) in [5, 5.41) is 0. The summed E-state index contributed by atoms with van der Waals surface area (Å²) < 4.78 is 0. The van der Waals surface area contributed by atoms with Crippen LogP contribution in [-0.2, 0) is 20.1 Å². The third-order valence-corrected chi connectivity index (χ3v) is 10.6. The van der Waals surface area contributed by atoms with Crippen molar-refractivity contribution in [2.75, 3.05) is 0 Å². The Labute approximate surface area is 377 Å². The van der Waals surface area contributed by atoms with Crippen molar-refractivity contribution in [3.8, 4) is 89.4 Å². The summed E-state index contributed by atoms with van der Waals surface area (Å²) in [5.74, 6) is 0. The maximum atomic E-state index is 4.82. The van der Waals surface area contributed by atoms with Crippen LogP contribution in [0.25, 0.3) is 89.4 Å². The van der Waals surface area contributed by atoms with Crippen LogP contribution in [0, 0.1) is 25.1 Å². The molecule has 0 saturated carbocycles. The SMILES string of the molecule is Cc1cc(-c2[c-]cccc2)ncc1-c1ccccc1-c1cccc(-c2ccccc2-c2ccc(-c3[c-]cccc3)nc2)c1.[Ir+3].[c-]1ccccc1-c1ccc(-c2ccccc2)cn1. The first-order chi connectivity index (χ1) is 30.2. The fourth-order valence-corrected chi connectivity index (χ4v) is 7.52. The van der Waals surface area contributed by atoms with Crippen molar-refractivity contribution in [2.24, 2.45) is 0 Å². The first-order valence-electron chi connectivity index (χ1n) is 20.3. The number of aryl methyl sites for hydroxylation is 1. The second-order valence-electron chi connectivity index (χ2n) is 14.6. The molecule has 10 rings (SSSR count). The number of benzene rings is 7. The van der Waals surface area contributed by atoms with Crippen molar-refractivity contribution in [1.29, 1.82) is 0 Å². The summed E-state index contributed by atoms with van der Waals surface area (Å²) in [4.78, 5) is 14.1. The van der Waals surface area contributed by atoms with Crippen LogP contribution in [0.2, 0.25) is 0 Å². The fraction of sp³-hybridized carbons (Fsp3) is 0.0172. The van der Waals surface area contributed by atoms with Gasteiger partial charge >= 0.3 is 20.1 Å². The van der Waals surface area contributed by atoms with Crippen molar-refractivity contribution in [2.45, 2.75) is 6.92 Å². The molecule has 3 aromatic heterocycles. The number of nitrogens with zero attached hydrogens (tertiary/aromatic N) is 3. The van der Waals surface area contributed by atoms with Crippen LogP contribution >= 0.6 is 0 Å². The summed E-state index contributed by atoms with van der Waals surface area (Å²) in [5.41, 5.74) is 18.5. The van der Waals surface area contributed by atoms with Crippen LogP contribution in [0.1, 0.15) is 5.56 Å². The maximum absolute atomic E-state index is 4.82. The first-order valence-corrected chi connectivity index (χ1v) is 20.3. The second-order valence-corrected chi connectivity index (χ2v) is 14.6. The summed E-state index contributed by atoms with van der Waals surface area (Å²) in [6.45, 7) is 2.15. The molecule has 0 aliphatic rings. The molecule has 4 heteroatoms. The van der Waals surface area contributed by atoms with Crippen LogP contribution in [0.4, 0.5) is 0 Å². The zero-order valence-electron chi connectivity index (χ0n) is 34.0. The van der Waals surface area contributed by atoms with Gasteiger partial charge in [0.25, 0.3) is 0 Å². The van der Waals surface area contributed by atoms with Crippen LogP contribution in [0.3, 0.4) is 0 Å². The zero-order chi connectivity index (χ0) is 41.2. The van der Waals surface area contributed by atoms with Gasteiger partial charge in [-0.2, -0.15) is 0 Å². The van der Waals surface area contributed by atoms with E-state index in [1.807, 2.05) is 116 Å². The molecule has 0 aliphatic carbocycles. The van der Waals surface area contributed by atoms with E-state index in [1.165, 1.54) is 27.8 Å². The summed E-state index contributed by atoms with van der Waals surface area (Å²) >= 11 is 0. The Kier molecular flexibility index (Phi) is 13.2. The third kappa shape index (κ3) is 9.49. The van der Waals surface area contributed by atoms with E-state index in [1.54, 1.807) is 0 Å². The standard InChI is InChI=1S/C41H28N2.C17H12N.Ir/c1-29-25-41(31-15-6-3-7-16-31)43-28-39(29)38-22-11-10-20-36(38)33-18-12-17-32(26-33)35-19-8-9-21-37(35)34-23-24-40(42-27-34)30-13-4-2-5-14-30;1-3-7-14(8-4-1)16-11-12-17(18-13-16)15-9-5-2-6-10-15;/h2-13,15,17-28H,1H3;1-9,11-13H;/q-2;-1;+3. The Bertz CT molecular complexity index is 2930. The zero-order valence-corrected chi connectivity index (χ0v) is 36.4. The quantitative estimate of drug-likeness (QED) is 0.142. The Hall–Kier alpha value is -7.36. The molecule has 0 fully saturated rings. The molecular formula is C58H40IrN3. The molecule has 0 saturated heterocycles. The van der Waals surface area contributed by atoms with Gasteiger partial charge < -0.3 is 15.0 Å². The van der Waals surface area contributed by atoms with Gasteiger partial charge in [-0.1, -0.05) is 127 Å². The van der Waals surface area contributed by atoms with E-state index in [0.29, 0.717) is 0 Å². The van der Waals surface area contributed by atoms with Gasteiger partial charge in [-0.25, -0.2) is 0 Å². The molecule has 0 spiro atoms. The van der Waals surface area contributed by atoms with Gasteiger partial charge in [-0.3, -0.25) is 0 Å². The minimum absolute atomic E-state index is 0. The molecule has 0 N–H and O–H groups in total. The molecule has 0 aliphatic heterocycles. The van der Waals surface area contributed by atoms with Crippen LogP contribution in [0.15, 0.2) is 225 Å². The molecule has 296 valence electrons. The van der Waals surface area contributed by atoms with E-state index in [4.69, 9.17) is 9.97 Å². The predicted molar refractivity (Wildman–Crippen MR) is 251 cm³/mol. The Morgan fingerprint density at radius 3 is 1.24 bits per heavy atom. The molecule has 3 heterocycles. The average Bonchev–Trinajstić information content (AvgIpc) is 3.35. The maximum Gasteiger partial charge on any atom is 3.00 e. The van der Waals surface area contributed by atoms with E-state index in [9.17, 15) is 0 Å². The largest absolute Gasteiger partial charge is 3.00 e. The molecule has 0 unspecified atom stereocenters. The molecule has 0 radical (unpaired) electrons. The van der Waals surface area contributed by atoms with Crippen LogP contribution in [-0.4, -0.2) is 15.0 Å². The molecule has 0 bridgehead atoms. The molecular weight excluding hydrogens is 931 g/mol. The molecule has 62 heavy (non-hydrogen) atoms. The van der Waals surface area contributed by atoms with E-state index < -0.39 is 0 Å². The summed E-state index contributed by atoms with van der Waals surface area (Å²) in [6, 6.07) is 80.2. The predicted octanol–water partition coefficient (Wildman–Crippen LogP) is 14.6. The van der Waals surface area contributed by atoms with E-state index in [-0.39, 0.29) is 20.1 Å². The fourth-order valence-electron chi connectivity index (χ4n) is 7.52. The first kappa shape index (κ1) is 41.4. The topological polar surface area (TPSA) is 38.7 Å². The average molecular weight is 971 g/mol. The molecule has 3 nitrogen and oxygen atoms in total. The minimum Gasteiger partial charge on any atom is -0.304 e. The number of aromatic nitrogens is 3. The van der Waals surface area contributed by atoms with E-state index in [2.05, 4.69) is 139 Å². The van der Waals surface area contributed by atoms with Crippen molar-refractivity contribution < 1.29 is 20.1 Å². The smallest absolute Gasteiger partial charge is 0.304 e. The number of pyridine rings is 3. The number of rotatable bonds is 8. The monoisotopic (exact) mass is 971 g/mol. The number of hydrogen-bond acceptors (Lipinski definition) is 3. The van der Waals surface area contributed by atoms with Gasteiger partial charge in [-0.05, 0) is 85.7 Å². The van der Waals surface area contributed by atoms with Gasteiger partial charge in [0.1, 0.15) is 0 Å². The third-order valence-electron chi connectivity index (χ3n) is 10.6. The van der Waals surface area contributed by atoms with Crippen molar-refractivity contribution in [3.63, 3.8) is 0 Å². The van der Waals surface area contributed by atoms with E-state index >= 15 is 0 Å². The van der Waals surface area contributed by atoms with Crippen LogP contribution in [0.5, 0.6) is 0 Å². The van der Waals surface area contributed by atoms with Crippen molar-refractivity contribution in [1.82, 2.24) is 15.0 Å². The Morgan fingerprint density at radius 2 is 0.742 bits per heavy atom. The van der Waals surface area contributed by atoms with Gasteiger partial charge in [0.15, 0.2) is 0 Å². The van der Waals surface area contributed by atoms with Crippen molar-refractivity contribution >= 4 is 0 Å². The van der Waals surface area contributed by atoms with Crippen LogP contribution < -0.4 is 0 Å². The summed E-state index contributed by atoms with van der Waals surface area (Å²) in [6.07, 6.45) is 5.86. The van der Waals surface area contributed by atoms with Gasteiger partial charge in [0, 0.05) is 24.2 Å². The van der Waals surface area contributed by atoms with Gasteiger partial charge in [0.2, 0.25) is 0 Å². The Morgan fingerprint density at radius 1 is 0.306 bits per heavy atom. The summed E-state index contributed by atoms with van der Waals surface area (Å²) in [7, 11) is 0. The van der Waals surface area contributed by atoms with Gasteiger partial charge in [0.05, 0.1) is 0 Å². The molecule has 7 aromatic carbocycles. The molecule has 0 atom stereocenters. The molecule has 10 aromatic rings. The second kappa shape index (κ2) is 19.8.